The Morgan fingerprint density at radius 1 is 1.00 bits per heavy atom. The summed E-state index contributed by atoms with van der Waals surface area (Å²) in [4.78, 5) is 51.1. The number of aromatic amines is 1. The second-order valence-electron chi connectivity index (χ2n) is 6.77. The molecule has 1 aromatic heterocycles. The predicted octanol–water partition coefficient (Wildman–Crippen LogP) is -0.244. The number of carbonyl (C=O) groups is 2. The molecule has 2 heterocycles. The summed E-state index contributed by atoms with van der Waals surface area (Å²) in [7, 11) is 0. The number of likely N-dealkylation sites (tertiary alicyclic amines) is 1. The number of nitrogens with zero attached hydrogens (tertiary/aromatic N) is 2. The number of anilines is 1. The van der Waals surface area contributed by atoms with Crippen LogP contribution in [-0.4, -0.2) is 51.9 Å². The lowest BCUT2D eigenvalue weighted by Crippen LogP contribution is -2.47. The predicted molar refractivity (Wildman–Crippen MR) is 104 cm³/mol. The average Bonchev–Trinajstić information content (AvgIpc) is 2.66. The Labute approximate surface area is 161 Å². The van der Waals surface area contributed by atoms with E-state index in [0.29, 0.717) is 19.6 Å². The van der Waals surface area contributed by atoms with E-state index >= 15 is 0 Å². The van der Waals surface area contributed by atoms with Gasteiger partial charge in [0.25, 0.3) is 5.56 Å². The fourth-order valence-electron chi connectivity index (χ4n) is 3.16. The van der Waals surface area contributed by atoms with E-state index in [1.165, 1.54) is 12.3 Å². The second-order valence-corrected chi connectivity index (χ2v) is 6.77. The van der Waals surface area contributed by atoms with Crippen molar-refractivity contribution in [3.8, 4) is 0 Å². The van der Waals surface area contributed by atoms with Crippen molar-refractivity contribution in [2.24, 2.45) is 0 Å². The van der Waals surface area contributed by atoms with Gasteiger partial charge >= 0.3 is 5.69 Å². The Balaban J connectivity index is 1.41. The lowest BCUT2D eigenvalue weighted by molar-refractivity contribution is -0.123. The molecule has 2 amide bonds. The number of benzene rings is 1. The number of piperidine rings is 1. The third-order valence-corrected chi connectivity index (χ3v) is 4.59. The standard InChI is InChI=1S/C19H23N5O4/c25-16-8-11-24(19(28)22-16)13-18(27)21-15-6-9-23(10-7-15)12-17(26)20-14-4-2-1-3-5-14/h1-5,8,11,15H,6-7,9-10,12-13H2,(H,20,26)(H,21,27)(H,22,25,28). The SMILES string of the molecule is O=C(CN1CCC(NC(=O)Cn2ccc(=O)[nH]c2=O)CC1)Nc1ccccc1. The summed E-state index contributed by atoms with van der Waals surface area (Å²) >= 11 is 0. The summed E-state index contributed by atoms with van der Waals surface area (Å²) in [5.41, 5.74) is -0.334. The van der Waals surface area contributed by atoms with Gasteiger partial charge in [-0.25, -0.2) is 4.79 Å². The van der Waals surface area contributed by atoms with Crippen LogP contribution in [0.3, 0.4) is 0 Å². The summed E-state index contributed by atoms with van der Waals surface area (Å²) in [6.45, 7) is 1.56. The molecule has 0 atom stereocenters. The number of nitrogens with one attached hydrogen (secondary N) is 3. The van der Waals surface area contributed by atoms with Crippen LogP contribution in [0.25, 0.3) is 0 Å². The summed E-state index contributed by atoms with van der Waals surface area (Å²) in [6, 6.07) is 10.5. The van der Waals surface area contributed by atoms with E-state index in [0.717, 1.165) is 23.1 Å². The second kappa shape index (κ2) is 9.14. The maximum atomic E-state index is 12.1. The zero-order valence-electron chi connectivity index (χ0n) is 15.4. The van der Waals surface area contributed by atoms with E-state index in [4.69, 9.17) is 0 Å². The molecule has 1 aliphatic rings. The lowest BCUT2D eigenvalue weighted by Gasteiger charge is -2.31. The molecular weight excluding hydrogens is 362 g/mol. The molecule has 1 saturated heterocycles. The van der Waals surface area contributed by atoms with Crippen LogP contribution >= 0.6 is 0 Å². The molecule has 0 radical (unpaired) electrons. The zero-order chi connectivity index (χ0) is 19.9. The van der Waals surface area contributed by atoms with E-state index in [1.807, 2.05) is 35.2 Å². The van der Waals surface area contributed by atoms with Crippen molar-refractivity contribution >= 4 is 17.5 Å². The first-order valence-corrected chi connectivity index (χ1v) is 9.16. The van der Waals surface area contributed by atoms with Crippen LogP contribution in [-0.2, 0) is 16.1 Å². The quantitative estimate of drug-likeness (QED) is 0.634. The number of carbonyl (C=O) groups excluding carboxylic acids is 2. The number of H-pyrrole nitrogens is 1. The number of hydrogen-bond acceptors (Lipinski definition) is 5. The minimum absolute atomic E-state index is 0.000558. The Hall–Kier alpha value is -3.20. The molecular formula is C19H23N5O4. The molecule has 148 valence electrons. The first kappa shape index (κ1) is 19.6. The van der Waals surface area contributed by atoms with Crippen LogP contribution in [0.15, 0.2) is 52.2 Å². The molecule has 0 saturated carbocycles. The van der Waals surface area contributed by atoms with Crippen molar-refractivity contribution in [2.45, 2.75) is 25.4 Å². The molecule has 0 aliphatic carbocycles. The number of para-hydroxylation sites is 1. The molecule has 0 bridgehead atoms. The highest BCUT2D eigenvalue weighted by molar-refractivity contribution is 5.92. The Morgan fingerprint density at radius 2 is 1.71 bits per heavy atom. The van der Waals surface area contributed by atoms with Gasteiger partial charge in [0.2, 0.25) is 11.8 Å². The highest BCUT2D eigenvalue weighted by Crippen LogP contribution is 2.11. The largest absolute Gasteiger partial charge is 0.352 e. The minimum atomic E-state index is -0.609. The minimum Gasteiger partial charge on any atom is -0.352 e. The Kier molecular flexibility index (Phi) is 6.38. The number of amides is 2. The van der Waals surface area contributed by atoms with Gasteiger partial charge in [-0.15, -0.1) is 0 Å². The van der Waals surface area contributed by atoms with E-state index in [9.17, 15) is 19.2 Å². The molecule has 2 aromatic rings. The maximum absolute atomic E-state index is 12.1. The van der Waals surface area contributed by atoms with Crippen molar-refractivity contribution in [3.05, 3.63) is 63.4 Å². The molecule has 1 fully saturated rings. The van der Waals surface area contributed by atoms with E-state index in [2.05, 4.69) is 15.6 Å². The first-order chi connectivity index (χ1) is 13.5. The number of aromatic nitrogens is 2. The van der Waals surface area contributed by atoms with Gasteiger partial charge in [-0.1, -0.05) is 18.2 Å². The van der Waals surface area contributed by atoms with Gasteiger partial charge in [-0.3, -0.25) is 28.8 Å². The molecule has 28 heavy (non-hydrogen) atoms. The molecule has 9 nitrogen and oxygen atoms in total. The van der Waals surface area contributed by atoms with Crippen LogP contribution < -0.4 is 21.9 Å². The molecule has 0 unspecified atom stereocenters. The third-order valence-electron chi connectivity index (χ3n) is 4.59. The van der Waals surface area contributed by atoms with Gasteiger partial charge in [-0.2, -0.15) is 0 Å². The molecule has 3 N–H and O–H groups in total. The average molecular weight is 385 g/mol. The summed E-state index contributed by atoms with van der Waals surface area (Å²) in [5.74, 6) is -0.347. The van der Waals surface area contributed by atoms with Crippen LogP contribution in [0.4, 0.5) is 5.69 Å². The normalized spacial score (nSPS) is 15.1. The number of rotatable bonds is 6. The highest BCUT2D eigenvalue weighted by Gasteiger charge is 2.22. The smallest absolute Gasteiger partial charge is 0.328 e. The monoisotopic (exact) mass is 385 g/mol. The van der Waals surface area contributed by atoms with Gasteiger partial charge in [-0.05, 0) is 25.0 Å². The molecule has 1 aliphatic heterocycles. The van der Waals surface area contributed by atoms with Gasteiger partial charge in [0.1, 0.15) is 6.54 Å². The van der Waals surface area contributed by atoms with Crippen LogP contribution in [0.2, 0.25) is 0 Å². The maximum Gasteiger partial charge on any atom is 0.328 e. The Morgan fingerprint density at radius 3 is 2.39 bits per heavy atom. The van der Waals surface area contributed by atoms with Crippen LogP contribution in [0.5, 0.6) is 0 Å². The fourth-order valence-corrected chi connectivity index (χ4v) is 3.16. The van der Waals surface area contributed by atoms with E-state index < -0.39 is 11.2 Å². The molecule has 3 rings (SSSR count). The highest BCUT2D eigenvalue weighted by atomic mass is 16.2. The van der Waals surface area contributed by atoms with Crippen molar-refractivity contribution in [3.63, 3.8) is 0 Å². The van der Waals surface area contributed by atoms with E-state index in [1.54, 1.807) is 0 Å². The molecule has 1 aromatic carbocycles. The summed E-state index contributed by atoms with van der Waals surface area (Å²) in [6.07, 6.45) is 2.75. The summed E-state index contributed by atoms with van der Waals surface area (Å²) < 4.78 is 1.15. The van der Waals surface area contributed by atoms with Crippen molar-refractivity contribution in [1.82, 2.24) is 19.8 Å². The first-order valence-electron chi connectivity index (χ1n) is 9.16. The summed E-state index contributed by atoms with van der Waals surface area (Å²) in [5, 5.41) is 5.77. The fraction of sp³-hybridized carbons (Fsp3) is 0.368. The molecule has 0 spiro atoms. The van der Waals surface area contributed by atoms with Crippen molar-refractivity contribution < 1.29 is 9.59 Å². The third kappa shape index (κ3) is 5.65. The van der Waals surface area contributed by atoms with Gasteiger partial charge in [0, 0.05) is 37.1 Å². The zero-order valence-corrected chi connectivity index (χ0v) is 15.4. The van der Waals surface area contributed by atoms with Crippen molar-refractivity contribution in [1.29, 1.82) is 0 Å². The van der Waals surface area contributed by atoms with Crippen LogP contribution in [0.1, 0.15) is 12.8 Å². The van der Waals surface area contributed by atoms with Gasteiger partial charge < -0.3 is 10.6 Å². The molecule has 9 heteroatoms. The van der Waals surface area contributed by atoms with Crippen molar-refractivity contribution in [2.75, 3.05) is 25.0 Å². The van der Waals surface area contributed by atoms with Crippen LogP contribution in [0, 0.1) is 0 Å². The van der Waals surface area contributed by atoms with Gasteiger partial charge in [0.05, 0.1) is 6.54 Å². The lowest BCUT2D eigenvalue weighted by atomic mass is 10.0. The number of hydrogen-bond donors (Lipinski definition) is 3. The Bertz CT molecular complexity index is 929. The van der Waals surface area contributed by atoms with Gasteiger partial charge in [0.15, 0.2) is 0 Å². The topological polar surface area (TPSA) is 116 Å². The van der Waals surface area contributed by atoms with E-state index in [-0.39, 0.29) is 24.4 Å².